The average molecular weight is 314 g/mol. The van der Waals surface area contributed by atoms with Gasteiger partial charge >= 0.3 is 0 Å². The van der Waals surface area contributed by atoms with Gasteiger partial charge in [0.25, 0.3) is 0 Å². The number of hydrogen-bond donors (Lipinski definition) is 0. The quantitative estimate of drug-likeness (QED) is 0.551. The Morgan fingerprint density at radius 1 is 0.955 bits per heavy atom. The van der Waals surface area contributed by atoms with Crippen LogP contribution in [-0.2, 0) is 10.0 Å². The van der Waals surface area contributed by atoms with Gasteiger partial charge in [0.1, 0.15) is 5.69 Å². The summed E-state index contributed by atoms with van der Waals surface area (Å²) in [6.45, 7) is 0. The highest BCUT2D eigenvalue weighted by Gasteiger charge is 2.25. The number of sulfonamides is 1. The van der Waals surface area contributed by atoms with E-state index in [-0.39, 0.29) is 0 Å². The van der Waals surface area contributed by atoms with Crippen LogP contribution in [0.3, 0.4) is 0 Å². The first-order valence-corrected chi connectivity index (χ1v) is 8.49. The Kier molecular flexibility index (Phi) is 3.46. The summed E-state index contributed by atoms with van der Waals surface area (Å²) in [7, 11) is -3.60. The number of anilines is 2. The Labute approximate surface area is 128 Å². The Balaban J connectivity index is 2.36. The molecule has 0 aliphatic heterocycles. The lowest BCUT2D eigenvalue weighted by Crippen LogP contribution is -2.31. The van der Waals surface area contributed by atoms with Crippen molar-refractivity contribution in [1.29, 1.82) is 0 Å². The molecule has 0 aliphatic carbocycles. The van der Waals surface area contributed by atoms with Crippen LogP contribution in [0, 0.1) is 5.21 Å². The Hall–Kier alpha value is -2.60. The lowest BCUT2D eigenvalue weighted by Gasteiger charge is -2.22. The van der Waals surface area contributed by atoms with Crippen LogP contribution in [-0.4, -0.2) is 14.7 Å². The molecule has 2 aromatic carbocycles. The molecule has 0 bridgehead atoms. The fourth-order valence-electron chi connectivity index (χ4n) is 2.46. The van der Waals surface area contributed by atoms with Crippen LogP contribution in [0.4, 0.5) is 11.4 Å². The molecule has 0 saturated heterocycles. The van der Waals surface area contributed by atoms with Gasteiger partial charge in [-0.3, -0.25) is 0 Å². The van der Waals surface area contributed by atoms with E-state index in [1.807, 2.05) is 0 Å². The molecule has 0 spiro atoms. The molecular weight excluding hydrogens is 300 g/mol. The predicted octanol–water partition coefficient (Wildman–Crippen LogP) is 2.57. The van der Waals surface area contributed by atoms with Crippen LogP contribution in [0.25, 0.3) is 10.9 Å². The van der Waals surface area contributed by atoms with E-state index in [0.29, 0.717) is 27.0 Å². The zero-order valence-electron chi connectivity index (χ0n) is 11.9. The number of rotatable bonds is 3. The van der Waals surface area contributed by atoms with Crippen molar-refractivity contribution in [1.82, 2.24) is 0 Å². The number of hydrogen-bond acceptors (Lipinski definition) is 3. The molecule has 0 saturated carbocycles. The maximum Gasteiger partial charge on any atom is 0.248 e. The molecule has 1 heterocycles. The number of pyridine rings is 1. The smallest absolute Gasteiger partial charge is 0.248 e. The van der Waals surface area contributed by atoms with Gasteiger partial charge in [-0.25, -0.2) is 12.7 Å². The highest BCUT2D eigenvalue weighted by molar-refractivity contribution is 7.92. The van der Waals surface area contributed by atoms with Crippen LogP contribution in [0.5, 0.6) is 0 Å². The van der Waals surface area contributed by atoms with Gasteiger partial charge in [0.05, 0.1) is 11.9 Å². The second-order valence-electron chi connectivity index (χ2n) is 4.91. The van der Waals surface area contributed by atoms with Gasteiger partial charge < -0.3 is 5.21 Å². The minimum absolute atomic E-state index is 0.319. The fraction of sp³-hybridized carbons (Fsp3) is 0.0625. The molecule has 22 heavy (non-hydrogen) atoms. The Morgan fingerprint density at radius 2 is 1.64 bits per heavy atom. The van der Waals surface area contributed by atoms with Crippen molar-refractivity contribution in [3.05, 3.63) is 72.1 Å². The monoisotopic (exact) mass is 314 g/mol. The van der Waals surface area contributed by atoms with Crippen LogP contribution in [0.15, 0.2) is 66.9 Å². The van der Waals surface area contributed by atoms with E-state index in [4.69, 9.17) is 0 Å². The normalized spacial score (nSPS) is 11.5. The maximum absolute atomic E-state index is 12.3. The van der Waals surface area contributed by atoms with E-state index in [1.54, 1.807) is 60.7 Å². The van der Waals surface area contributed by atoms with Gasteiger partial charge in [0.15, 0.2) is 6.20 Å². The Bertz CT molecular complexity index is 919. The minimum atomic E-state index is -3.60. The molecule has 0 fully saturated rings. The minimum Gasteiger partial charge on any atom is -0.618 e. The number of benzene rings is 2. The Morgan fingerprint density at radius 3 is 2.32 bits per heavy atom. The van der Waals surface area contributed by atoms with Crippen LogP contribution >= 0.6 is 0 Å². The van der Waals surface area contributed by atoms with Crippen molar-refractivity contribution < 1.29 is 13.1 Å². The summed E-state index contributed by atoms with van der Waals surface area (Å²) >= 11 is 0. The van der Waals surface area contributed by atoms with Gasteiger partial charge in [-0.15, -0.1) is 0 Å². The third kappa shape index (κ3) is 2.48. The highest BCUT2D eigenvalue weighted by atomic mass is 32.2. The molecule has 112 valence electrons. The third-order valence-corrected chi connectivity index (χ3v) is 4.38. The summed E-state index contributed by atoms with van der Waals surface area (Å²) in [5, 5.41) is 12.8. The lowest BCUT2D eigenvalue weighted by molar-refractivity contribution is -0.576. The molecular formula is C16H14N2O3S. The van der Waals surface area contributed by atoms with Crippen molar-refractivity contribution >= 4 is 32.3 Å². The summed E-state index contributed by atoms with van der Waals surface area (Å²) < 4.78 is 26.5. The van der Waals surface area contributed by atoms with E-state index in [0.717, 1.165) is 6.26 Å². The first kappa shape index (κ1) is 14.3. The van der Waals surface area contributed by atoms with E-state index >= 15 is 0 Å². The van der Waals surface area contributed by atoms with Gasteiger partial charge in [-0.05, 0) is 30.3 Å². The molecule has 3 rings (SSSR count). The van der Waals surface area contributed by atoms with Gasteiger partial charge in [0, 0.05) is 11.5 Å². The number of para-hydroxylation sites is 2. The van der Waals surface area contributed by atoms with Gasteiger partial charge in [-0.2, -0.15) is 4.73 Å². The van der Waals surface area contributed by atoms with Crippen molar-refractivity contribution in [2.45, 2.75) is 0 Å². The summed E-state index contributed by atoms with van der Waals surface area (Å²) in [4.78, 5) is 0. The molecule has 0 aliphatic rings. The van der Waals surface area contributed by atoms with Crippen LogP contribution in [0.1, 0.15) is 0 Å². The zero-order chi connectivity index (χ0) is 15.7. The van der Waals surface area contributed by atoms with Crippen molar-refractivity contribution in [3.63, 3.8) is 0 Å². The first-order valence-electron chi connectivity index (χ1n) is 6.65. The largest absolute Gasteiger partial charge is 0.618 e. The van der Waals surface area contributed by atoms with Crippen molar-refractivity contribution in [2.24, 2.45) is 0 Å². The maximum atomic E-state index is 12.3. The standard InChI is InChI=1S/C16H14N2O3S/c1-22(20,21)18(14-9-3-2-4-10-14)15-11-5-7-13-8-6-12-17(19)16(13)15/h2-12H,1H3. The van der Waals surface area contributed by atoms with Crippen LogP contribution in [0.2, 0.25) is 0 Å². The zero-order valence-corrected chi connectivity index (χ0v) is 12.7. The van der Waals surface area contributed by atoms with Crippen molar-refractivity contribution in [2.75, 3.05) is 10.6 Å². The summed E-state index contributed by atoms with van der Waals surface area (Å²) in [6.07, 6.45) is 2.48. The summed E-state index contributed by atoms with van der Waals surface area (Å²) in [5.41, 5.74) is 1.14. The molecule has 3 aromatic rings. The van der Waals surface area contributed by atoms with E-state index in [9.17, 15) is 13.6 Å². The number of fused-ring (bicyclic) bond motifs is 1. The molecule has 0 unspecified atom stereocenters. The fourth-order valence-corrected chi connectivity index (χ4v) is 3.47. The molecule has 5 nitrogen and oxygen atoms in total. The molecule has 6 heteroatoms. The molecule has 1 aromatic heterocycles. The van der Waals surface area contributed by atoms with Gasteiger partial charge in [0.2, 0.25) is 15.5 Å². The SMILES string of the molecule is CS(=O)(=O)N(c1ccccc1)c1cccc2ccc[n+]([O-])c12. The van der Waals surface area contributed by atoms with Crippen LogP contribution < -0.4 is 9.04 Å². The second-order valence-corrected chi connectivity index (χ2v) is 6.74. The second kappa shape index (κ2) is 5.31. The highest BCUT2D eigenvalue weighted by Crippen LogP contribution is 2.32. The topological polar surface area (TPSA) is 64.3 Å². The number of nitrogens with zero attached hydrogens (tertiary/aromatic N) is 2. The summed E-state index contributed by atoms with van der Waals surface area (Å²) in [5.74, 6) is 0. The third-order valence-electron chi connectivity index (χ3n) is 3.30. The predicted molar refractivity (Wildman–Crippen MR) is 86.3 cm³/mol. The van der Waals surface area contributed by atoms with Crippen molar-refractivity contribution in [3.8, 4) is 0 Å². The number of aromatic nitrogens is 1. The van der Waals surface area contributed by atoms with E-state index in [1.165, 1.54) is 10.5 Å². The molecule has 0 N–H and O–H groups in total. The average Bonchev–Trinajstić information content (AvgIpc) is 2.47. The lowest BCUT2D eigenvalue weighted by atomic mass is 10.2. The molecule has 0 amide bonds. The van der Waals surface area contributed by atoms with E-state index in [2.05, 4.69) is 0 Å². The first-order chi connectivity index (χ1) is 10.5. The van der Waals surface area contributed by atoms with Gasteiger partial charge in [-0.1, -0.05) is 24.3 Å². The molecule has 0 atom stereocenters. The summed E-state index contributed by atoms with van der Waals surface area (Å²) in [6, 6.07) is 17.2. The molecule has 0 radical (unpaired) electrons. The van der Waals surface area contributed by atoms with E-state index < -0.39 is 10.0 Å².